The van der Waals surface area contributed by atoms with Crippen LogP contribution in [0.15, 0.2) is 18.3 Å². The summed E-state index contributed by atoms with van der Waals surface area (Å²) in [5, 5.41) is 8.68. The van der Waals surface area contributed by atoms with Crippen LogP contribution < -0.4 is 5.48 Å². The van der Waals surface area contributed by atoms with E-state index in [1.165, 1.54) is 12.3 Å². The van der Waals surface area contributed by atoms with Crippen LogP contribution >= 0.6 is 0 Å². The van der Waals surface area contributed by atoms with Gasteiger partial charge in [-0.25, -0.2) is 4.79 Å². The van der Waals surface area contributed by atoms with Gasteiger partial charge in [0.25, 0.3) is 0 Å². The Morgan fingerprint density at radius 1 is 1.50 bits per heavy atom. The molecule has 88 valence electrons. The number of carboxylic acid groups (broad SMARTS) is 1. The summed E-state index contributed by atoms with van der Waals surface area (Å²) in [6.07, 6.45) is 1.33. The first-order valence-corrected chi connectivity index (χ1v) is 4.97. The van der Waals surface area contributed by atoms with Gasteiger partial charge in [0.05, 0.1) is 23.4 Å². The molecular weight excluding hydrogens is 208 g/mol. The molecule has 0 spiro atoms. The highest BCUT2D eigenvalue weighted by Gasteiger charge is 2.10. The van der Waals surface area contributed by atoms with Crippen molar-refractivity contribution in [1.82, 2.24) is 10.5 Å². The predicted molar refractivity (Wildman–Crippen MR) is 58.9 cm³/mol. The normalized spacial score (nSPS) is 11.4. The average molecular weight is 224 g/mol. The van der Waals surface area contributed by atoms with Crippen molar-refractivity contribution in [1.29, 1.82) is 0 Å². The van der Waals surface area contributed by atoms with E-state index in [0.717, 1.165) is 5.69 Å². The number of nitrogens with zero attached hydrogens (tertiary/aromatic N) is 1. The Morgan fingerprint density at radius 3 is 2.62 bits per heavy atom. The number of carbonyl (C=O) groups is 1. The molecule has 16 heavy (non-hydrogen) atoms. The van der Waals surface area contributed by atoms with E-state index in [1.54, 1.807) is 6.07 Å². The lowest BCUT2D eigenvalue weighted by molar-refractivity contribution is -0.0761. The molecular formula is C11H16N2O3. The van der Waals surface area contributed by atoms with Crippen LogP contribution in [0.3, 0.4) is 0 Å². The highest BCUT2D eigenvalue weighted by atomic mass is 16.7. The summed E-state index contributed by atoms with van der Waals surface area (Å²) in [5.41, 5.74) is 3.43. The van der Waals surface area contributed by atoms with E-state index < -0.39 is 5.97 Å². The number of rotatable bonds is 4. The Labute approximate surface area is 94.4 Å². The molecule has 0 atom stereocenters. The molecule has 2 N–H and O–H groups in total. The number of aromatic nitrogens is 1. The standard InChI is InChI=1S/C11H16N2O3/c1-11(2,3)16-13-7-9-5-4-8(6-12-9)10(14)15/h4-6,13H,7H2,1-3H3,(H,14,15). The van der Waals surface area contributed by atoms with E-state index in [0.29, 0.717) is 6.54 Å². The molecule has 0 bridgehead atoms. The summed E-state index contributed by atoms with van der Waals surface area (Å²) in [5.74, 6) is -0.974. The fraction of sp³-hybridized carbons (Fsp3) is 0.455. The first-order valence-electron chi connectivity index (χ1n) is 4.97. The Kier molecular flexibility index (Phi) is 3.98. The lowest BCUT2D eigenvalue weighted by atomic mass is 10.2. The highest BCUT2D eigenvalue weighted by molar-refractivity contribution is 5.87. The summed E-state index contributed by atoms with van der Waals surface area (Å²) < 4.78 is 0. The lowest BCUT2D eigenvalue weighted by Gasteiger charge is -2.19. The molecule has 0 radical (unpaired) electrons. The van der Waals surface area contributed by atoms with Gasteiger partial charge in [0.1, 0.15) is 0 Å². The van der Waals surface area contributed by atoms with Gasteiger partial charge in [-0.3, -0.25) is 9.82 Å². The van der Waals surface area contributed by atoms with Crippen LogP contribution in [0.25, 0.3) is 0 Å². The molecule has 1 aromatic heterocycles. The molecule has 0 aromatic carbocycles. The first-order chi connectivity index (χ1) is 7.38. The quantitative estimate of drug-likeness (QED) is 0.760. The van der Waals surface area contributed by atoms with Crippen molar-refractivity contribution < 1.29 is 14.7 Å². The molecule has 0 amide bonds. The van der Waals surface area contributed by atoms with Crippen molar-refractivity contribution in [3.63, 3.8) is 0 Å². The molecule has 1 heterocycles. The predicted octanol–water partition coefficient (Wildman–Crippen LogP) is 1.60. The second-order valence-electron chi connectivity index (χ2n) is 4.38. The monoisotopic (exact) mass is 224 g/mol. The molecule has 5 heteroatoms. The van der Waals surface area contributed by atoms with Gasteiger partial charge in [-0.05, 0) is 32.9 Å². The van der Waals surface area contributed by atoms with Gasteiger partial charge in [0.2, 0.25) is 0 Å². The van der Waals surface area contributed by atoms with E-state index in [2.05, 4.69) is 10.5 Å². The maximum absolute atomic E-state index is 10.6. The second-order valence-corrected chi connectivity index (χ2v) is 4.38. The van der Waals surface area contributed by atoms with Gasteiger partial charge in [-0.15, -0.1) is 0 Å². The molecule has 0 saturated carbocycles. The van der Waals surface area contributed by atoms with E-state index >= 15 is 0 Å². The number of nitrogens with one attached hydrogen (secondary N) is 1. The molecule has 0 aliphatic carbocycles. The molecule has 1 aromatic rings. The van der Waals surface area contributed by atoms with Crippen LogP contribution in [-0.4, -0.2) is 21.7 Å². The van der Waals surface area contributed by atoms with E-state index in [9.17, 15) is 4.79 Å². The minimum absolute atomic E-state index is 0.181. The van der Waals surface area contributed by atoms with Crippen LogP contribution in [0.2, 0.25) is 0 Å². The Bertz CT molecular complexity index is 354. The minimum atomic E-state index is -0.974. The van der Waals surface area contributed by atoms with E-state index in [1.807, 2.05) is 20.8 Å². The second kappa shape index (κ2) is 5.05. The fourth-order valence-electron chi connectivity index (χ4n) is 0.982. The number of aromatic carboxylic acids is 1. The molecule has 0 aliphatic heterocycles. The van der Waals surface area contributed by atoms with Crippen molar-refractivity contribution >= 4 is 5.97 Å². The summed E-state index contributed by atoms with van der Waals surface area (Å²) in [6, 6.07) is 3.17. The number of pyridine rings is 1. The smallest absolute Gasteiger partial charge is 0.337 e. The van der Waals surface area contributed by atoms with Gasteiger partial charge >= 0.3 is 5.97 Å². The third-order valence-electron chi connectivity index (χ3n) is 1.70. The van der Waals surface area contributed by atoms with Crippen LogP contribution in [0.4, 0.5) is 0 Å². The molecule has 5 nitrogen and oxygen atoms in total. The third-order valence-corrected chi connectivity index (χ3v) is 1.70. The van der Waals surface area contributed by atoms with Crippen LogP contribution in [0, 0.1) is 0 Å². The average Bonchev–Trinajstić information content (AvgIpc) is 2.16. The number of carboxylic acids is 1. The molecule has 0 fully saturated rings. The fourth-order valence-corrected chi connectivity index (χ4v) is 0.982. The summed E-state index contributed by atoms with van der Waals surface area (Å²) in [7, 11) is 0. The van der Waals surface area contributed by atoms with Gasteiger partial charge in [0, 0.05) is 6.20 Å². The number of hydrogen-bond acceptors (Lipinski definition) is 4. The largest absolute Gasteiger partial charge is 0.478 e. The van der Waals surface area contributed by atoms with E-state index in [-0.39, 0.29) is 11.2 Å². The van der Waals surface area contributed by atoms with Crippen LogP contribution in [0.1, 0.15) is 36.8 Å². The third kappa shape index (κ3) is 4.37. The van der Waals surface area contributed by atoms with Crippen LogP contribution in [-0.2, 0) is 11.4 Å². The van der Waals surface area contributed by atoms with Crippen molar-refractivity contribution in [3.05, 3.63) is 29.6 Å². The highest BCUT2D eigenvalue weighted by Crippen LogP contribution is 2.05. The zero-order valence-electron chi connectivity index (χ0n) is 9.65. The summed E-state index contributed by atoms with van der Waals surface area (Å²) in [6.45, 7) is 6.24. The van der Waals surface area contributed by atoms with Gasteiger partial charge in [-0.1, -0.05) is 0 Å². The van der Waals surface area contributed by atoms with E-state index in [4.69, 9.17) is 9.94 Å². The maximum Gasteiger partial charge on any atom is 0.337 e. The van der Waals surface area contributed by atoms with Crippen LogP contribution in [0.5, 0.6) is 0 Å². The first kappa shape index (κ1) is 12.6. The molecule has 0 unspecified atom stereocenters. The minimum Gasteiger partial charge on any atom is -0.478 e. The van der Waals surface area contributed by atoms with Gasteiger partial charge in [-0.2, -0.15) is 5.48 Å². The Morgan fingerprint density at radius 2 is 2.19 bits per heavy atom. The molecule has 0 aliphatic rings. The topological polar surface area (TPSA) is 71.5 Å². The lowest BCUT2D eigenvalue weighted by Crippen LogP contribution is -2.28. The zero-order valence-corrected chi connectivity index (χ0v) is 9.65. The Balaban J connectivity index is 2.47. The zero-order chi connectivity index (χ0) is 12.2. The summed E-state index contributed by atoms with van der Waals surface area (Å²) >= 11 is 0. The maximum atomic E-state index is 10.6. The number of hydroxylamine groups is 1. The van der Waals surface area contributed by atoms with Crippen molar-refractivity contribution in [3.8, 4) is 0 Å². The Hall–Kier alpha value is -1.46. The molecule has 0 saturated heterocycles. The van der Waals surface area contributed by atoms with Crippen molar-refractivity contribution in [2.45, 2.75) is 32.9 Å². The van der Waals surface area contributed by atoms with Gasteiger partial charge < -0.3 is 5.11 Å². The number of hydrogen-bond donors (Lipinski definition) is 2. The van der Waals surface area contributed by atoms with Crippen molar-refractivity contribution in [2.24, 2.45) is 0 Å². The summed E-state index contributed by atoms with van der Waals surface area (Å²) in [4.78, 5) is 19.9. The molecule has 1 rings (SSSR count). The van der Waals surface area contributed by atoms with Gasteiger partial charge in [0.15, 0.2) is 0 Å². The SMILES string of the molecule is CC(C)(C)ONCc1ccc(C(=O)O)cn1. The van der Waals surface area contributed by atoms with Crippen molar-refractivity contribution in [2.75, 3.05) is 0 Å².